The summed E-state index contributed by atoms with van der Waals surface area (Å²) < 4.78 is 22.8. The first-order chi connectivity index (χ1) is 24.9. The topological polar surface area (TPSA) is 173 Å². The predicted octanol–water partition coefficient (Wildman–Crippen LogP) is 8.24. The molecule has 2 aliphatic carbocycles. The van der Waals surface area contributed by atoms with Gasteiger partial charge in [-0.25, -0.2) is 0 Å². The second-order valence-electron chi connectivity index (χ2n) is 14.4. The zero-order chi connectivity index (χ0) is 37.8. The molecule has 3 aliphatic rings. The highest BCUT2D eigenvalue weighted by molar-refractivity contribution is 8.24. The zero-order valence-electron chi connectivity index (χ0n) is 30.0. The lowest BCUT2D eigenvalue weighted by Crippen LogP contribution is -2.33. The van der Waals surface area contributed by atoms with Crippen LogP contribution in [0, 0.1) is 40.4 Å². The minimum Gasteiger partial charge on any atom is -0.506 e. The molecule has 2 saturated carbocycles. The van der Waals surface area contributed by atoms with Gasteiger partial charge in [-0.05, 0) is 88.5 Å². The third kappa shape index (κ3) is 11.3. The Hall–Kier alpha value is -3.39. The van der Waals surface area contributed by atoms with E-state index in [1.165, 1.54) is 0 Å². The first-order valence-corrected chi connectivity index (χ1v) is 20.1. The smallest absolute Gasteiger partial charge is 0.314 e. The summed E-state index contributed by atoms with van der Waals surface area (Å²) in [6.45, 7) is 6.52. The van der Waals surface area contributed by atoms with Crippen LogP contribution < -0.4 is 4.74 Å². The highest BCUT2D eigenvalue weighted by Gasteiger charge is 2.37. The predicted molar refractivity (Wildman–Crippen MR) is 195 cm³/mol. The molecule has 0 unspecified atom stereocenters. The van der Waals surface area contributed by atoms with Crippen LogP contribution in [0.15, 0.2) is 25.7 Å². The number of hydrogen-bond acceptors (Lipinski definition) is 13. The van der Waals surface area contributed by atoms with Crippen LogP contribution in [-0.4, -0.2) is 54.2 Å². The van der Waals surface area contributed by atoms with E-state index in [1.54, 1.807) is 6.07 Å². The van der Waals surface area contributed by atoms with Gasteiger partial charge >= 0.3 is 23.9 Å². The zero-order valence-corrected chi connectivity index (χ0v) is 32.4. The first kappa shape index (κ1) is 41.4. The van der Waals surface area contributed by atoms with E-state index in [2.05, 4.69) is 0 Å². The highest BCUT2D eigenvalue weighted by Crippen LogP contribution is 2.60. The number of alkyl halides is 1. The lowest BCUT2D eigenvalue weighted by molar-refractivity contribution is -0.160. The molecule has 1 N–H and O–H groups in total. The van der Waals surface area contributed by atoms with Crippen molar-refractivity contribution in [2.45, 2.75) is 126 Å². The van der Waals surface area contributed by atoms with Crippen molar-refractivity contribution in [3.8, 4) is 23.6 Å². The number of fused-ring (bicyclic) bond motifs is 1. The van der Waals surface area contributed by atoms with E-state index in [0.29, 0.717) is 84.2 Å². The summed E-state index contributed by atoms with van der Waals surface area (Å²) in [6.07, 6.45) is 7.47. The highest BCUT2D eigenvalue weighted by atomic mass is 35.5. The number of rotatable bonds is 14. The van der Waals surface area contributed by atoms with Gasteiger partial charge in [0.15, 0.2) is 0 Å². The molecule has 0 spiro atoms. The van der Waals surface area contributed by atoms with Crippen LogP contribution in [0.25, 0.3) is 0 Å². The fourth-order valence-corrected chi connectivity index (χ4v) is 9.11. The maximum atomic E-state index is 13.4. The van der Waals surface area contributed by atoms with Crippen LogP contribution in [0.1, 0.15) is 110 Å². The Kier molecular flexibility index (Phi) is 15.6. The van der Waals surface area contributed by atoms with Crippen molar-refractivity contribution in [2.24, 2.45) is 17.8 Å². The minimum absolute atomic E-state index is 0.0424. The summed E-state index contributed by atoms with van der Waals surface area (Å²) >= 11 is 7.77. The molecule has 14 heteroatoms. The SMILES string of the molecule is CC(C)(C)c1cc(OC(=O)C2CCC(OC(=O)C3CCC(C(=O)OCCCCCCOC(=O)CCCl)CC3)CC2)c2c(c1O)SC(=C(C#N)C#N)S2. The average molecular weight is 775 g/mol. The quantitative estimate of drug-likeness (QED) is 0.0479. The Morgan fingerprint density at radius 1 is 0.808 bits per heavy atom. The van der Waals surface area contributed by atoms with Gasteiger partial charge in [0.2, 0.25) is 0 Å². The number of nitrogens with zero attached hydrogens (tertiary/aromatic N) is 2. The van der Waals surface area contributed by atoms with Gasteiger partial charge in [0.1, 0.15) is 35.3 Å². The number of aromatic hydroxyl groups is 1. The Balaban J connectivity index is 1.18. The Morgan fingerprint density at radius 3 is 1.92 bits per heavy atom. The number of phenolic OH excluding ortho intramolecular Hbond substituents is 1. The van der Waals surface area contributed by atoms with Crippen LogP contribution in [0.3, 0.4) is 0 Å². The van der Waals surface area contributed by atoms with Crippen LogP contribution in [0.2, 0.25) is 0 Å². The lowest BCUT2D eigenvalue weighted by atomic mass is 9.82. The number of phenols is 1. The molecule has 1 aliphatic heterocycles. The normalized spacial score (nSPS) is 21.2. The van der Waals surface area contributed by atoms with Gasteiger partial charge in [-0.1, -0.05) is 44.3 Å². The van der Waals surface area contributed by atoms with E-state index in [4.69, 9.17) is 30.5 Å². The molecule has 1 aromatic rings. The van der Waals surface area contributed by atoms with E-state index < -0.39 is 17.3 Å². The number of nitriles is 2. The van der Waals surface area contributed by atoms with Gasteiger partial charge in [0.25, 0.3) is 0 Å². The molecule has 0 bridgehead atoms. The van der Waals surface area contributed by atoms with Crippen molar-refractivity contribution in [2.75, 3.05) is 19.1 Å². The van der Waals surface area contributed by atoms with E-state index in [9.17, 15) is 34.8 Å². The van der Waals surface area contributed by atoms with E-state index in [1.807, 2.05) is 32.9 Å². The molecule has 0 amide bonds. The second-order valence-corrected chi connectivity index (χ2v) is 17.1. The average Bonchev–Trinajstić information content (AvgIpc) is 3.57. The fourth-order valence-electron chi connectivity index (χ4n) is 6.49. The standard InChI is InChI=1S/C38H47ClN2O9S2/c1-38(2,3)28-20-29(32-33(31(28)43)52-37(51-32)26(21-40)22-41)50-36(46)25-12-14-27(15-13-25)49-35(45)24-10-8-23(9-11-24)34(44)48-19-7-5-4-6-18-47-30(42)16-17-39/h20,23-25,27,43H,4-19H2,1-3H3. The summed E-state index contributed by atoms with van der Waals surface area (Å²) in [5.74, 6) is -1.48. The van der Waals surface area contributed by atoms with Crippen LogP contribution >= 0.6 is 35.1 Å². The Bertz CT molecular complexity index is 1580. The fraction of sp³-hybridized carbons (Fsp3) is 0.632. The number of halogens is 1. The molecular formula is C38H47ClN2O9S2. The molecule has 52 heavy (non-hydrogen) atoms. The summed E-state index contributed by atoms with van der Waals surface area (Å²) in [4.78, 5) is 51.3. The molecule has 2 fully saturated rings. The summed E-state index contributed by atoms with van der Waals surface area (Å²) in [7, 11) is 0. The first-order valence-electron chi connectivity index (χ1n) is 18.0. The van der Waals surface area contributed by atoms with Crippen molar-refractivity contribution in [3.05, 3.63) is 21.4 Å². The molecule has 282 valence electrons. The molecule has 0 atom stereocenters. The van der Waals surface area contributed by atoms with Gasteiger partial charge in [-0.15, -0.1) is 11.6 Å². The largest absolute Gasteiger partial charge is 0.506 e. The number of esters is 4. The number of allylic oxidation sites excluding steroid dienone is 1. The van der Waals surface area contributed by atoms with Gasteiger partial charge in [0, 0.05) is 11.4 Å². The summed E-state index contributed by atoms with van der Waals surface area (Å²) in [6, 6.07) is 5.45. The van der Waals surface area contributed by atoms with Crippen molar-refractivity contribution in [1.29, 1.82) is 10.5 Å². The number of thioether (sulfide) groups is 2. The molecule has 0 aromatic heterocycles. The Morgan fingerprint density at radius 2 is 1.35 bits per heavy atom. The van der Waals surface area contributed by atoms with Crippen LogP contribution in [0.5, 0.6) is 11.5 Å². The number of benzene rings is 1. The molecular weight excluding hydrogens is 728 g/mol. The number of carbonyl (C=O) groups excluding carboxylic acids is 4. The molecule has 1 heterocycles. The number of unbranched alkanes of at least 4 members (excludes halogenated alkanes) is 3. The lowest BCUT2D eigenvalue weighted by Gasteiger charge is -2.30. The number of hydrogen-bond donors (Lipinski definition) is 1. The maximum absolute atomic E-state index is 13.4. The van der Waals surface area contributed by atoms with E-state index in [-0.39, 0.29) is 65.2 Å². The monoisotopic (exact) mass is 774 g/mol. The molecule has 4 rings (SSSR count). The van der Waals surface area contributed by atoms with Gasteiger partial charge in [-0.3, -0.25) is 19.2 Å². The van der Waals surface area contributed by atoms with Gasteiger partial charge in [0.05, 0.1) is 51.4 Å². The van der Waals surface area contributed by atoms with E-state index in [0.717, 1.165) is 49.2 Å². The van der Waals surface area contributed by atoms with Crippen LogP contribution in [0.4, 0.5) is 0 Å². The number of ether oxygens (including phenoxy) is 4. The third-order valence-corrected chi connectivity index (χ3v) is 12.3. The molecule has 0 radical (unpaired) electrons. The third-order valence-electron chi connectivity index (χ3n) is 9.54. The van der Waals surface area contributed by atoms with Crippen LogP contribution in [-0.2, 0) is 38.8 Å². The minimum atomic E-state index is -0.470. The number of carbonyl (C=O) groups is 4. The summed E-state index contributed by atoms with van der Waals surface area (Å²) in [5.41, 5.74) is 0.0475. The molecule has 11 nitrogen and oxygen atoms in total. The van der Waals surface area contributed by atoms with Crippen molar-refractivity contribution in [1.82, 2.24) is 0 Å². The van der Waals surface area contributed by atoms with Crippen molar-refractivity contribution in [3.63, 3.8) is 0 Å². The second kappa shape index (κ2) is 19.6. The Labute approximate surface area is 319 Å². The maximum Gasteiger partial charge on any atom is 0.314 e. The molecule has 1 aromatic carbocycles. The van der Waals surface area contributed by atoms with Crippen molar-refractivity contribution >= 4 is 59.0 Å². The van der Waals surface area contributed by atoms with Crippen molar-refractivity contribution < 1.29 is 43.2 Å². The van der Waals surface area contributed by atoms with Gasteiger partial charge in [-0.2, -0.15) is 10.5 Å². The molecule has 0 saturated heterocycles. The van der Waals surface area contributed by atoms with Gasteiger partial charge < -0.3 is 24.1 Å². The van der Waals surface area contributed by atoms with E-state index >= 15 is 0 Å². The summed E-state index contributed by atoms with van der Waals surface area (Å²) in [5, 5.41) is 29.9.